The molecule has 2 N–H and O–H groups in total. The summed E-state index contributed by atoms with van der Waals surface area (Å²) in [4.78, 5) is 12.1. The first-order chi connectivity index (χ1) is 8.59. The fraction of sp³-hybridized carbons (Fsp3) is 0.462. The summed E-state index contributed by atoms with van der Waals surface area (Å²) in [5, 5.41) is 0.590. The van der Waals surface area contributed by atoms with Crippen molar-refractivity contribution in [3.05, 3.63) is 27.7 Å². The third kappa shape index (κ3) is 2.90. The van der Waals surface area contributed by atoms with E-state index in [-0.39, 0.29) is 22.4 Å². The van der Waals surface area contributed by atoms with Crippen molar-refractivity contribution < 1.29 is 9.53 Å². The summed E-state index contributed by atoms with van der Waals surface area (Å²) >= 11 is 11.9. The second-order valence-electron chi connectivity index (χ2n) is 4.48. The average molecular weight is 288 g/mol. The van der Waals surface area contributed by atoms with E-state index in [1.165, 1.54) is 6.42 Å². The topological polar surface area (TPSA) is 52.3 Å². The van der Waals surface area contributed by atoms with Crippen molar-refractivity contribution in [2.75, 3.05) is 5.73 Å². The Morgan fingerprint density at radius 2 is 1.78 bits per heavy atom. The van der Waals surface area contributed by atoms with Crippen molar-refractivity contribution in [1.82, 2.24) is 0 Å². The minimum atomic E-state index is -0.480. The first kappa shape index (κ1) is 13.5. The standard InChI is InChI=1S/C13H15Cl2NO2/c14-9-6-7-10(15)12(16)11(9)13(17)18-8-4-2-1-3-5-8/h6-8H,1-5,16H2. The lowest BCUT2D eigenvalue weighted by Crippen LogP contribution is -2.21. The number of benzene rings is 1. The molecule has 1 aliphatic rings. The van der Waals surface area contributed by atoms with Gasteiger partial charge in [0.15, 0.2) is 0 Å². The lowest BCUT2D eigenvalue weighted by molar-refractivity contribution is 0.0212. The first-order valence-corrected chi connectivity index (χ1v) is 6.79. The quantitative estimate of drug-likeness (QED) is 0.659. The van der Waals surface area contributed by atoms with E-state index in [0.717, 1.165) is 25.7 Å². The lowest BCUT2D eigenvalue weighted by atomic mass is 9.98. The number of nitrogen functional groups attached to an aromatic ring is 1. The zero-order valence-electron chi connectivity index (χ0n) is 9.92. The molecule has 0 atom stereocenters. The SMILES string of the molecule is Nc1c(Cl)ccc(Cl)c1C(=O)OC1CCCCC1. The average Bonchev–Trinajstić information content (AvgIpc) is 2.36. The van der Waals surface area contributed by atoms with Crippen molar-refractivity contribution >= 4 is 34.9 Å². The van der Waals surface area contributed by atoms with E-state index in [1.807, 2.05) is 0 Å². The van der Waals surface area contributed by atoms with Crippen LogP contribution in [-0.2, 0) is 4.74 Å². The monoisotopic (exact) mass is 287 g/mol. The molecule has 18 heavy (non-hydrogen) atoms. The summed E-state index contributed by atoms with van der Waals surface area (Å²) in [6.45, 7) is 0. The van der Waals surface area contributed by atoms with Crippen LogP contribution in [0.3, 0.4) is 0 Å². The Morgan fingerprint density at radius 3 is 2.44 bits per heavy atom. The van der Waals surface area contributed by atoms with Crippen molar-refractivity contribution in [3.63, 3.8) is 0 Å². The maximum absolute atomic E-state index is 12.1. The lowest BCUT2D eigenvalue weighted by Gasteiger charge is -2.22. The van der Waals surface area contributed by atoms with Gasteiger partial charge < -0.3 is 10.5 Å². The maximum Gasteiger partial charge on any atom is 0.342 e. The second kappa shape index (κ2) is 5.81. The highest BCUT2D eigenvalue weighted by molar-refractivity contribution is 6.38. The van der Waals surface area contributed by atoms with E-state index in [9.17, 15) is 4.79 Å². The molecule has 1 aliphatic carbocycles. The Kier molecular flexibility index (Phi) is 4.36. The number of halogens is 2. The Hall–Kier alpha value is -0.930. The highest BCUT2D eigenvalue weighted by Gasteiger charge is 2.23. The van der Waals surface area contributed by atoms with Crippen LogP contribution in [0.25, 0.3) is 0 Å². The van der Waals surface area contributed by atoms with Crippen LogP contribution in [0.4, 0.5) is 5.69 Å². The molecule has 0 saturated heterocycles. The van der Waals surface area contributed by atoms with Crippen LogP contribution in [0, 0.1) is 0 Å². The number of hydrogen-bond acceptors (Lipinski definition) is 3. The summed E-state index contributed by atoms with van der Waals surface area (Å²) in [7, 11) is 0. The summed E-state index contributed by atoms with van der Waals surface area (Å²) in [6.07, 6.45) is 5.18. The van der Waals surface area contributed by atoms with E-state index in [1.54, 1.807) is 12.1 Å². The summed E-state index contributed by atoms with van der Waals surface area (Å²) in [5.41, 5.74) is 6.13. The van der Waals surface area contributed by atoms with Crippen molar-refractivity contribution in [2.45, 2.75) is 38.2 Å². The first-order valence-electron chi connectivity index (χ1n) is 6.04. The van der Waals surface area contributed by atoms with E-state index in [4.69, 9.17) is 33.7 Å². The van der Waals surface area contributed by atoms with E-state index in [2.05, 4.69) is 0 Å². The molecule has 2 rings (SSSR count). The van der Waals surface area contributed by atoms with Crippen LogP contribution in [0.2, 0.25) is 10.0 Å². The van der Waals surface area contributed by atoms with Gasteiger partial charge in [0.2, 0.25) is 0 Å². The van der Waals surface area contributed by atoms with Gasteiger partial charge in [-0.25, -0.2) is 4.79 Å². The molecular weight excluding hydrogens is 273 g/mol. The van der Waals surface area contributed by atoms with Gasteiger partial charge in [0.25, 0.3) is 0 Å². The van der Waals surface area contributed by atoms with Gasteiger partial charge in [-0.2, -0.15) is 0 Å². The smallest absolute Gasteiger partial charge is 0.342 e. The second-order valence-corrected chi connectivity index (χ2v) is 5.30. The molecule has 0 amide bonds. The summed E-state index contributed by atoms with van der Waals surface area (Å²) in [6, 6.07) is 3.12. The third-order valence-corrected chi connectivity index (χ3v) is 3.82. The van der Waals surface area contributed by atoms with Gasteiger partial charge in [0, 0.05) is 0 Å². The highest BCUT2D eigenvalue weighted by atomic mass is 35.5. The predicted molar refractivity (Wildman–Crippen MR) is 73.2 cm³/mol. The number of carbonyl (C=O) groups excluding carboxylic acids is 1. The van der Waals surface area contributed by atoms with Crippen LogP contribution < -0.4 is 5.73 Å². The molecule has 0 radical (unpaired) electrons. The number of ether oxygens (including phenoxy) is 1. The molecule has 5 heteroatoms. The van der Waals surface area contributed by atoms with E-state index >= 15 is 0 Å². The number of carbonyl (C=O) groups is 1. The van der Waals surface area contributed by atoms with Crippen LogP contribution in [0.1, 0.15) is 42.5 Å². The van der Waals surface area contributed by atoms with Crippen LogP contribution in [0.15, 0.2) is 12.1 Å². The fourth-order valence-electron chi connectivity index (χ4n) is 2.17. The zero-order chi connectivity index (χ0) is 13.1. The van der Waals surface area contributed by atoms with Gasteiger partial charge in [-0.05, 0) is 37.8 Å². The number of esters is 1. The molecule has 0 aliphatic heterocycles. The van der Waals surface area contributed by atoms with Crippen molar-refractivity contribution in [3.8, 4) is 0 Å². The summed E-state index contributed by atoms with van der Waals surface area (Å²) in [5.74, 6) is -0.480. The molecule has 0 bridgehead atoms. The number of hydrogen-bond donors (Lipinski definition) is 1. The van der Waals surface area contributed by atoms with Crippen LogP contribution >= 0.6 is 23.2 Å². The van der Waals surface area contributed by atoms with Gasteiger partial charge in [0.05, 0.1) is 15.7 Å². The molecule has 1 saturated carbocycles. The van der Waals surface area contributed by atoms with Crippen molar-refractivity contribution in [2.24, 2.45) is 0 Å². The third-order valence-electron chi connectivity index (χ3n) is 3.17. The van der Waals surface area contributed by atoms with Crippen molar-refractivity contribution in [1.29, 1.82) is 0 Å². The number of nitrogens with two attached hydrogens (primary N) is 1. The Bertz CT molecular complexity index is 457. The molecule has 3 nitrogen and oxygen atoms in total. The molecular formula is C13H15Cl2NO2. The van der Waals surface area contributed by atoms with Gasteiger partial charge in [0.1, 0.15) is 11.7 Å². The normalized spacial score (nSPS) is 16.6. The van der Waals surface area contributed by atoms with Gasteiger partial charge in [-0.3, -0.25) is 0 Å². The summed E-state index contributed by atoms with van der Waals surface area (Å²) < 4.78 is 5.43. The van der Waals surface area contributed by atoms with Crippen LogP contribution in [0.5, 0.6) is 0 Å². The van der Waals surface area contributed by atoms with Crippen LogP contribution in [-0.4, -0.2) is 12.1 Å². The number of anilines is 1. The Morgan fingerprint density at radius 1 is 1.17 bits per heavy atom. The largest absolute Gasteiger partial charge is 0.459 e. The molecule has 1 fully saturated rings. The minimum Gasteiger partial charge on any atom is -0.459 e. The Labute approximate surface area is 116 Å². The number of rotatable bonds is 2. The van der Waals surface area contributed by atoms with Gasteiger partial charge in [-0.1, -0.05) is 29.6 Å². The van der Waals surface area contributed by atoms with E-state index in [0.29, 0.717) is 5.02 Å². The van der Waals surface area contributed by atoms with E-state index < -0.39 is 5.97 Å². The predicted octanol–water partition coefficient (Wildman–Crippen LogP) is 4.07. The highest BCUT2D eigenvalue weighted by Crippen LogP contribution is 2.31. The fourth-order valence-corrected chi connectivity index (χ4v) is 2.57. The van der Waals surface area contributed by atoms with Gasteiger partial charge in [-0.15, -0.1) is 0 Å². The Balaban J connectivity index is 2.15. The molecule has 0 heterocycles. The molecule has 0 spiro atoms. The molecule has 1 aromatic rings. The maximum atomic E-state index is 12.1. The minimum absolute atomic E-state index is 0.0271. The van der Waals surface area contributed by atoms with Gasteiger partial charge >= 0.3 is 5.97 Å². The zero-order valence-corrected chi connectivity index (χ0v) is 11.4. The molecule has 0 aromatic heterocycles. The molecule has 0 unspecified atom stereocenters. The molecule has 1 aromatic carbocycles. The molecule has 98 valence electrons.